The average Bonchev–Trinajstić information content (AvgIpc) is 2.46. The first kappa shape index (κ1) is 14.6. The average molecular weight is 275 g/mol. The Morgan fingerprint density at radius 2 is 1.80 bits per heavy atom. The number of carbonyl (C=O) groups is 2. The molecule has 0 aromatic heterocycles. The van der Waals surface area contributed by atoms with Crippen molar-refractivity contribution in [2.45, 2.75) is 51.2 Å². The minimum atomic E-state index is -0.851. The van der Waals surface area contributed by atoms with Crippen molar-refractivity contribution < 1.29 is 14.3 Å². The van der Waals surface area contributed by atoms with E-state index in [4.69, 9.17) is 4.74 Å². The standard InChI is InChI=1S/C16H21NO3/c1-12(18)20-15(13-8-4-2-5-9-13)16(19)17-14-10-6-3-7-11-14/h2,4-5,8-9,14-15H,3,6-7,10-11H2,1H3,(H,17,19)/t15-/m1/s1. The summed E-state index contributed by atoms with van der Waals surface area (Å²) in [7, 11) is 0. The Morgan fingerprint density at radius 1 is 1.15 bits per heavy atom. The fraction of sp³-hybridized carbons (Fsp3) is 0.500. The summed E-state index contributed by atoms with van der Waals surface area (Å²) < 4.78 is 5.19. The molecule has 4 nitrogen and oxygen atoms in total. The number of nitrogens with one attached hydrogen (secondary N) is 1. The van der Waals surface area contributed by atoms with E-state index in [2.05, 4.69) is 5.32 Å². The van der Waals surface area contributed by atoms with Gasteiger partial charge in [0, 0.05) is 18.5 Å². The molecule has 1 N–H and O–H groups in total. The summed E-state index contributed by atoms with van der Waals surface area (Å²) in [5.41, 5.74) is 0.705. The highest BCUT2D eigenvalue weighted by Crippen LogP contribution is 2.21. The monoisotopic (exact) mass is 275 g/mol. The number of amides is 1. The van der Waals surface area contributed by atoms with E-state index in [1.807, 2.05) is 18.2 Å². The van der Waals surface area contributed by atoms with Crippen molar-refractivity contribution in [1.29, 1.82) is 0 Å². The van der Waals surface area contributed by atoms with E-state index < -0.39 is 12.1 Å². The SMILES string of the molecule is CC(=O)O[C@@H](C(=O)NC1CCCCC1)c1ccccc1. The molecular weight excluding hydrogens is 254 g/mol. The molecule has 1 atom stereocenters. The first-order valence-electron chi connectivity index (χ1n) is 7.19. The summed E-state index contributed by atoms with van der Waals surface area (Å²) in [5, 5.41) is 3.01. The van der Waals surface area contributed by atoms with Crippen molar-refractivity contribution in [2.24, 2.45) is 0 Å². The van der Waals surface area contributed by atoms with Gasteiger partial charge in [-0.3, -0.25) is 9.59 Å². The van der Waals surface area contributed by atoms with Crippen LogP contribution in [0.3, 0.4) is 0 Å². The van der Waals surface area contributed by atoms with Crippen molar-refractivity contribution >= 4 is 11.9 Å². The lowest BCUT2D eigenvalue weighted by Gasteiger charge is -2.25. The van der Waals surface area contributed by atoms with Crippen molar-refractivity contribution in [1.82, 2.24) is 5.32 Å². The molecular formula is C16H21NO3. The number of carbonyl (C=O) groups excluding carboxylic acids is 2. The van der Waals surface area contributed by atoms with E-state index in [9.17, 15) is 9.59 Å². The molecule has 0 bridgehead atoms. The molecule has 0 radical (unpaired) electrons. The van der Waals surface area contributed by atoms with Gasteiger partial charge < -0.3 is 10.1 Å². The molecule has 108 valence electrons. The summed E-state index contributed by atoms with van der Waals surface area (Å²) in [5.74, 6) is -0.670. The molecule has 1 saturated carbocycles. The molecule has 1 aliphatic rings. The molecule has 0 spiro atoms. The zero-order valence-corrected chi connectivity index (χ0v) is 11.8. The van der Waals surface area contributed by atoms with Gasteiger partial charge in [0.2, 0.25) is 6.10 Å². The second-order valence-electron chi connectivity index (χ2n) is 5.24. The number of benzene rings is 1. The molecule has 0 heterocycles. The number of rotatable bonds is 4. The van der Waals surface area contributed by atoms with Gasteiger partial charge in [0.1, 0.15) is 0 Å². The quantitative estimate of drug-likeness (QED) is 0.860. The highest BCUT2D eigenvalue weighted by molar-refractivity contribution is 5.84. The zero-order valence-electron chi connectivity index (χ0n) is 11.8. The van der Waals surface area contributed by atoms with Gasteiger partial charge >= 0.3 is 5.97 Å². The van der Waals surface area contributed by atoms with Crippen LogP contribution in [0, 0.1) is 0 Å². The predicted octanol–water partition coefficient (Wildman–Crippen LogP) is 2.74. The third-order valence-corrected chi connectivity index (χ3v) is 3.58. The van der Waals surface area contributed by atoms with Crippen molar-refractivity contribution in [3.8, 4) is 0 Å². The van der Waals surface area contributed by atoms with Gasteiger partial charge in [-0.1, -0.05) is 49.6 Å². The van der Waals surface area contributed by atoms with Gasteiger partial charge in [-0.15, -0.1) is 0 Å². The Kier molecular flexibility index (Phi) is 5.16. The Hall–Kier alpha value is -1.84. The van der Waals surface area contributed by atoms with Crippen LogP contribution in [0.15, 0.2) is 30.3 Å². The molecule has 0 saturated heterocycles. The van der Waals surface area contributed by atoms with Gasteiger partial charge in [-0.2, -0.15) is 0 Å². The Bertz CT molecular complexity index is 452. The largest absolute Gasteiger partial charge is 0.447 e. The van der Waals surface area contributed by atoms with Crippen LogP contribution >= 0.6 is 0 Å². The van der Waals surface area contributed by atoms with Crippen LogP contribution in [-0.2, 0) is 14.3 Å². The maximum absolute atomic E-state index is 12.4. The maximum Gasteiger partial charge on any atom is 0.303 e. The Morgan fingerprint density at radius 3 is 2.40 bits per heavy atom. The van der Waals surface area contributed by atoms with Crippen LogP contribution in [-0.4, -0.2) is 17.9 Å². The second kappa shape index (κ2) is 7.08. The summed E-state index contributed by atoms with van der Waals surface area (Å²) >= 11 is 0. The number of hydrogen-bond donors (Lipinski definition) is 1. The third kappa shape index (κ3) is 4.08. The smallest absolute Gasteiger partial charge is 0.303 e. The normalized spacial score (nSPS) is 17.2. The molecule has 1 amide bonds. The van der Waals surface area contributed by atoms with E-state index in [0.29, 0.717) is 5.56 Å². The lowest BCUT2D eigenvalue weighted by atomic mass is 9.95. The molecule has 0 aliphatic heterocycles. The number of ether oxygens (including phenoxy) is 1. The molecule has 4 heteroatoms. The Balaban J connectivity index is 2.05. The van der Waals surface area contributed by atoms with Crippen LogP contribution in [0.25, 0.3) is 0 Å². The highest BCUT2D eigenvalue weighted by atomic mass is 16.5. The van der Waals surface area contributed by atoms with Crippen LogP contribution in [0.2, 0.25) is 0 Å². The second-order valence-corrected chi connectivity index (χ2v) is 5.24. The lowest BCUT2D eigenvalue weighted by molar-refractivity contribution is -0.154. The fourth-order valence-electron chi connectivity index (χ4n) is 2.59. The molecule has 1 fully saturated rings. The van der Waals surface area contributed by atoms with E-state index in [-0.39, 0.29) is 11.9 Å². The molecule has 0 unspecified atom stereocenters. The summed E-state index contributed by atoms with van der Waals surface area (Å²) in [6, 6.07) is 9.34. The van der Waals surface area contributed by atoms with E-state index in [1.165, 1.54) is 13.3 Å². The third-order valence-electron chi connectivity index (χ3n) is 3.58. The zero-order chi connectivity index (χ0) is 14.4. The van der Waals surface area contributed by atoms with Crippen LogP contribution in [0.1, 0.15) is 50.7 Å². The summed E-state index contributed by atoms with van der Waals surface area (Å²) in [6.07, 6.45) is 4.69. The number of esters is 1. The molecule has 1 aromatic carbocycles. The number of hydrogen-bond acceptors (Lipinski definition) is 3. The first-order chi connectivity index (χ1) is 9.66. The molecule has 20 heavy (non-hydrogen) atoms. The molecule has 1 aliphatic carbocycles. The van der Waals surface area contributed by atoms with Gasteiger partial charge in [0.15, 0.2) is 0 Å². The highest BCUT2D eigenvalue weighted by Gasteiger charge is 2.26. The maximum atomic E-state index is 12.4. The van der Waals surface area contributed by atoms with Gasteiger partial charge in [0.25, 0.3) is 5.91 Å². The van der Waals surface area contributed by atoms with Crippen LogP contribution in [0.5, 0.6) is 0 Å². The Labute approximate surface area is 119 Å². The van der Waals surface area contributed by atoms with Crippen molar-refractivity contribution in [3.63, 3.8) is 0 Å². The van der Waals surface area contributed by atoms with Crippen molar-refractivity contribution in [3.05, 3.63) is 35.9 Å². The van der Waals surface area contributed by atoms with E-state index in [1.54, 1.807) is 12.1 Å². The first-order valence-corrected chi connectivity index (χ1v) is 7.19. The lowest BCUT2D eigenvalue weighted by Crippen LogP contribution is -2.40. The summed E-state index contributed by atoms with van der Waals surface area (Å²) in [6.45, 7) is 1.32. The minimum Gasteiger partial charge on any atom is -0.447 e. The van der Waals surface area contributed by atoms with Crippen molar-refractivity contribution in [2.75, 3.05) is 0 Å². The van der Waals surface area contributed by atoms with E-state index >= 15 is 0 Å². The van der Waals surface area contributed by atoms with Gasteiger partial charge in [-0.25, -0.2) is 0 Å². The topological polar surface area (TPSA) is 55.4 Å². The summed E-state index contributed by atoms with van der Waals surface area (Å²) in [4.78, 5) is 23.6. The van der Waals surface area contributed by atoms with Gasteiger partial charge in [-0.05, 0) is 12.8 Å². The van der Waals surface area contributed by atoms with Gasteiger partial charge in [0.05, 0.1) is 0 Å². The fourth-order valence-corrected chi connectivity index (χ4v) is 2.59. The predicted molar refractivity (Wildman–Crippen MR) is 76.0 cm³/mol. The van der Waals surface area contributed by atoms with Crippen LogP contribution < -0.4 is 5.32 Å². The molecule has 2 rings (SSSR count). The van der Waals surface area contributed by atoms with Crippen LogP contribution in [0.4, 0.5) is 0 Å². The molecule has 1 aromatic rings. The van der Waals surface area contributed by atoms with E-state index in [0.717, 1.165) is 25.7 Å². The minimum absolute atomic E-state index is 0.207.